The van der Waals surface area contributed by atoms with E-state index in [1.807, 2.05) is 31.7 Å². The molecular weight excluding hydrogens is 769 g/mol. The highest BCUT2D eigenvalue weighted by Crippen LogP contribution is 2.67. The molecule has 1 spiro atoms. The summed E-state index contributed by atoms with van der Waals surface area (Å²) in [5, 5.41) is 15.9. The summed E-state index contributed by atoms with van der Waals surface area (Å²) in [5.74, 6) is 2.00. The number of rotatable bonds is 7. The van der Waals surface area contributed by atoms with E-state index < -0.39 is 0 Å². The monoisotopic (exact) mass is 824 g/mol. The van der Waals surface area contributed by atoms with Crippen LogP contribution < -0.4 is 5.32 Å². The number of aromatic amines is 2. The highest BCUT2D eigenvalue weighted by atomic mass is 32.1. The third-order valence-electron chi connectivity index (χ3n) is 14.7. The van der Waals surface area contributed by atoms with Crippen LogP contribution in [0.15, 0.2) is 31.1 Å². The van der Waals surface area contributed by atoms with E-state index in [0.29, 0.717) is 35.3 Å². The Kier molecular flexibility index (Phi) is 8.66. The molecule has 59 heavy (non-hydrogen) atoms. The summed E-state index contributed by atoms with van der Waals surface area (Å²) in [6.07, 6.45) is 14.4. The van der Waals surface area contributed by atoms with E-state index in [1.165, 1.54) is 115 Å². The molecule has 0 amide bonds. The number of piperidine rings is 2. The van der Waals surface area contributed by atoms with Crippen molar-refractivity contribution in [1.82, 2.24) is 49.4 Å². The fourth-order valence-corrected chi connectivity index (χ4v) is 14.3. The summed E-state index contributed by atoms with van der Waals surface area (Å²) >= 11 is 4.04. The van der Waals surface area contributed by atoms with E-state index in [4.69, 9.17) is 0 Å². The minimum Gasteiger partial charge on any atom is -0.346 e. The van der Waals surface area contributed by atoms with Crippen molar-refractivity contribution in [2.75, 3.05) is 19.6 Å². The van der Waals surface area contributed by atoms with Gasteiger partial charge in [0.25, 0.3) is 0 Å². The van der Waals surface area contributed by atoms with Gasteiger partial charge in [-0.05, 0) is 148 Å². The maximum Gasteiger partial charge on any atom is 0.158 e. The lowest BCUT2D eigenvalue weighted by Gasteiger charge is -2.43. The van der Waals surface area contributed by atoms with Gasteiger partial charge in [-0.1, -0.05) is 27.7 Å². The second kappa shape index (κ2) is 13.6. The fraction of sp³-hybridized carbons (Fsp3) is 0.489. The van der Waals surface area contributed by atoms with Crippen molar-refractivity contribution in [3.63, 3.8) is 0 Å². The largest absolute Gasteiger partial charge is 0.346 e. The first-order valence-corrected chi connectivity index (χ1v) is 23.4. The van der Waals surface area contributed by atoms with Crippen molar-refractivity contribution < 1.29 is 0 Å². The molecule has 12 heteroatoms. The Morgan fingerprint density at radius 3 is 2.17 bits per heavy atom. The predicted molar refractivity (Wildman–Crippen MR) is 243 cm³/mol. The number of nitrogens with zero attached hydrogens (tertiary/aromatic N) is 7. The zero-order valence-corrected chi connectivity index (χ0v) is 37.5. The molecule has 306 valence electrons. The molecule has 3 N–H and O–H groups in total. The Morgan fingerprint density at radius 1 is 0.763 bits per heavy atom. The van der Waals surface area contributed by atoms with Gasteiger partial charge in [-0.3, -0.25) is 4.90 Å². The Bertz CT molecular complexity index is 2950. The van der Waals surface area contributed by atoms with Crippen LogP contribution in [0.3, 0.4) is 0 Å². The molecule has 11 rings (SSSR count). The zero-order valence-electron chi connectivity index (χ0n) is 35.9. The average Bonchev–Trinajstić information content (AvgIpc) is 3.93. The first kappa shape index (κ1) is 37.6. The van der Waals surface area contributed by atoms with Gasteiger partial charge in [-0.15, -0.1) is 22.7 Å². The van der Waals surface area contributed by atoms with Gasteiger partial charge in [-0.2, -0.15) is 10.2 Å². The minimum absolute atomic E-state index is 0.390. The molecule has 4 unspecified atom stereocenters. The predicted octanol–water partition coefficient (Wildman–Crippen LogP) is 11.0. The van der Waals surface area contributed by atoms with Crippen molar-refractivity contribution in [1.29, 1.82) is 0 Å². The summed E-state index contributed by atoms with van der Waals surface area (Å²) in [6.45, 7) is 24.1. The van der Waals surface area contributed by atoms with E-state index in [9.17, 15) is 0 Å². The van der Waals surface area contributed by atoms with Crippen molar-refractivity contribution in [2.45, 2.75) is 124 Å². The van der Waals surface area contributed by atoms with Crippen LogP contribution in [-0.2, 0) is 0 Å². The Hall–Kier alpha value is -4.36. The number of likely N-dealkylation sites (tertiary alicyclic amines) is 1. The van der Waals surface area contributed by atoms with Gasteiger partial charge < -0.3 is 15.3 Å². The Labute approximate surface area is 353 Å². The van der Waals surface area contributed by atoms with Gasteiger partial charge in [0.2, 0.25) is 0 Å². The van der Waals surface area contributed by atoms with Crippen molar-refractivity contribution >= 4 is 54.4 Å². The van der Waals surface area contributed by atoms with Crippen LogP contribution >= 0.6 is 22.7 Å². The Balaban J connectivity index is 0.852. The molecule has 3 aliphatic rings. The van der Waals surface area contributed by atoms with Crippen LogP contribution in [-0.4, -0.2) is 69.9 Å². The van der Waals surface area contributed by atoms with Crippen molar-refractivity contribution in [3.05, 3.63) is 79.8 Å². The molecule has 0 aromatic carbocycles. The number of fused-ring (bicyclic) bond motifs is 4. The van der Waals surface area contributed by atoms with E-state index in [0.717, 1.165) is 29.9 Å². The van der Waals surface area contributed by atoms with E-state index in [-0.39, 0.29) is 0 Å². The van der Waals surface area contributed by atoms with Gasteiger partial charge in [-0.25, -0.2) is 19.0 Å². The summed E-state index contributed by atoms with van der Waals surface area (Å²) in [4.78, 5) is 25.6. The molecule has 1 aliphatic carbocycles. The highest BCUT2D eigenvalue weighted by molar-refractivity contribution is 7.19. The molecule has 8 aromatic heterocycles. The van der Waals surface area contributed by atoms with Crippen LogP contribution in [0.4, 0.5) is 0 Å². The molecule has 0 bridgehead atoms. The van der Waals surface area contributed by atoms with Crippen LogP contribution in [0.2, 0.25) is 0 Å². The molecule has 10 heterocycles. The van der Waals surface area contributed by atoms with E-state index in [2.05, 4.69) is 121 Å². The van der Waals surface area contributed by atoms with E-state index in [1.54, 1.807) is 22.4 Å². The molecular formula is C47H56N10S2. The molecule has 8 aromatic rings. The van der Waals surface area contributed by atoms with Crippen molar-refractivity contribution in [2.24, 2.45) is 5.41 Å². The smallest absolute Gasteiger partial charge is 0.158 e. The third-order valence-corrected chi connectivity index (χ3v) is 17.4. The van der Waals surface area contributed by atoms with Gasteiger partial charge in [0.15, 0.2) is 11.3 Å². The van der Waals surface area contributed by atoms with Gasteiger partial charge >= 0.3 is 0 Å². The van der Waals surface area contributed by atoms with Crippen LogP contribution in [0.25, 0.3) is 54.2 Å². The standard InChI is InChI=1S/C47H56N10S2/c1-23(2)35-38-29(9)42(59-45(38)53-39(35)31-15-25(5)43-49-21-51-56(43)19-31)33-16-47(33)12-13-48-34(17-47)55-14-10-11-30(18-55)41-28(8)37-36(24(3)4)40(54-46(37)58-41)32-20-57-44(50-22-52-57)27(7)26(32)6/h15,19-24,30,33-34,48,53-54H,10-14,16-18H2,1-9H3. The van der Waals surface area contributed by atoms with Gasteiger partial charge in [0, 0.05) is 56.5 Å². The molecule has 10 nitrogen and oxygen atoms in total. The maximum atomic E-state index is 4.52. The number of hydrogen-bond donors (Lipinski definition) is 3. The van der Waals surface area contributed by atoms with Gasteiger partial charge in [0.05, 0.1) is 17.6 Å². The number of hydrogen-bond acceptors (Lipinski definition) is 8. The molecule has 0 radical (unpaired) electrons. The number of pyridine rings is 2. The van der Waals surface area contributed by atoms with Gasteiger partial charge in [0.1, 0.15) is 22.3 Å². The first-order chi connectivity index (χ1) is 28.4. The summed E-state index contributed by atoms with van der Waals surface area (Å²) in [7, 11) is 0. The molecule has 4 atom stereocenters. The number of aryl methyl sites for hydroxylation is 4. The molecule has 1 saturated carbocycles. The quantitative estimate of drug-likeness (QED) is 0.148. The summed E-state index contributed by atoms with van der Waals surface area (Å²) in [5.41, 5.74) is 16.6. The fourth-order valence-electron chi connectivity index (χ4n) is 11.5. The van der Waals surface area contributed by atoms with Crippen LogP contribution in [0.1, 0.15) is 132 Å². The second-order valence-corrected chi connectivity index (χ2v) is 21.0. The molecule has 2 saturated heterocycles. The summed E-state index contributed by atoms with van der Waals surface area (Å²) in [6, 6.07) is 2.27. The zero-order chi connectivity index (χ0) is 40.6. The Morgan fingerprint density at radius 2 is 1.42 bits per heavy atom. The number of aromatic nitrogens is 8. The first-order valence-electron chi connectivity index (χ1n) is 21.8. The number of nitrogens with one attached hydrogen (secondary N) is 3. The number of H-pyrrole nitrogens is 2. The SMILES string of the molecule is Cc1c(-c2[nH]c3sc(C4CCCN(C5CC6(CCN5)CC6c5sc6[nH]c(-c7cc(C)c8ncnn8c7)c(C(C)C)c6c5C)C4)c(C)c3c2C(C)C)cn2ncnc2c1C. The normalized spacial score (nSPS) is 22.9. The van der Waals surface area contributed by atoms with Crippen LogP contribution in [0.5, 0.6) is 0 Å². The second-order valence-electron chi connectivity index (χ2n) is 18.9. The molecule has 3 fully saturated rings. The third kappa shape index (κ3) is 5.68. The van der Waals surface area contributed by atoms with E-state index >= 15 is 0 Å². The number of thiophene rings is 2. The minimum atomic E-state index is 0.390. The lowest BCUT2D eigenvalue weighted by Crippen LogP contribution is -2.53. The summed E-state index contributed by atoms with van der Waals surface area (Å²) < 4.78 is 3.85. The lowest BCUT2D eigenvalue weighted by atomic mass is 9.86. The average molecular weight is 825 g/mol. The van der Waals surface area contributed by atoms with Crippen LogP contribution in [0, 0.1) is 40.0 Å². The molecule has 2 aliphatic heterocycles. The van der Waals surface area contributed by atoms with Crippen molar-refractivity contribution in [3.8, 4) is 22.5 Å². The topological polar surface area (TPSA) is 107 Å². The lowest BCUT2D eigenvalue weighted by molar-refractivity contribution is 0.0771. The maximum absolute atomic E-state index is 4.52. The highest BCUT2D eigenvalue weighted by Gasteiger charge is 2.58.